The molecule has 8 heteroatoms. The van der Waals surface area contributed by atoms with Crippen LogP contribution in [0.5, 0.6) is 0 Å². The third kappa shape index (κ3) is 6.52. The Morgan fingerprint density at radius 3 is 2.55 bits per heavy atom. The molecule has 0 aromatic heterocycles. The van der Waals surface area contributed by atoms with Crippen molar-refractivity contribution in [3.05, 3.63) is 95.3 Å². The number of halogens is 1. The summed E-state index contributed by atoms with van der Waals surface area (Å²) in [6.45, 7) is 4.65. The molecule has 2 aliphatic heterocycles. The van der Waals surface area contributed by atoms with E-state index in [0.29, 0.717) is 61.9 Å². The average molecular weight is 602 g/mol. The molecule has 2 saturated heterocycles. The van der Waals surface area contributed by atoms with Crippen LogP contribution in [0.15, 0.2) is 72.8 Å². The number of hydrogen-bond acceptors (Lipinski definition) is 4. The van der Waals surface area contributed by atoms with E-state index < -0.39 is 22.9 Å². The number of rotatable bonds is 10. The first-order valence-electron chi connectivity index (χ1n) is 15.9. The molecule has 0 saturated carbocycles. The molecule has 3 aromatic rings. The molecule has 3 aromatic carbocycles. The molecule has 2 aliphatic rings. The fourth-order valence-corrected chi connectivity index (χ4v) is 7.33. The minimum absolute atomic E-state index is 0.0832. The summed E-state index contributed by atoms with van der Waals surface area (Å²) < 4.78 is 15.8. The molecule has 0 spiro atoms. The molecule has 4 N–H and O–H groups in total. The predicted octanol–water partition coefficient (Wildman–Crippen LogP) is 5.85. The number of piperidine rings is 2. The van der Waals surface area contributed by atoms with E-state index in [2.05, 4.69) is 10.6 Å². The Morgan fingerprint density at radius 1 is 1.07 bits per heavy atom. The van der Waals surface area contributed by atoms with Gasteiger partial charge < -0.3 is 25.7 Å². The summed E-state index contributed by atoms with van der Waals surface area (Å²) in [6, 6.07) is 22.6. The summed E-state index contributed by atoms with van der Waals surface area (Å²) >= 11 is 0. The highest BCUT2D eigenvalue weighted by molar-refractivity contribution is 5.88. The maximum absolute atomic E-state index is 15.8. The molecule has 5 rings (SSSR count). The fourth-order valence-electron chi connectivity index (χ4n) is 7.33. The Hall–Kier alpha value is -3.75. The molecule has 44 heavy (non-hydrogen) atoms. The minimum atomic E-state index is -1.49. The Bertz CT molecular complexity index is 1440. The Morgan fingerprint density at radius 2 is 1.82 bits per heavy atom. The molecular formula is C36H44FN3O4. The van der Waals surface area contributed by atoms with Gasteiger partial charge in [-0.25, -0.2) is 9.18 Å². The molecule has 234 valence electrons. The molecule has 7 nitrogen and oxygen atoms in total. The molecule has 0 bridgehead atoms. The van der Waals surface area contributed by atoms with Crippen LogP contribution in [-0.2, 0) is 22.2 Å². The number of hydrogen-bond donors (Lipinski definition) is 4. The van der Waals surface area contributed by atoms with E-state index in [4.69, 9.17) is 5.11 Å². The number of carbonyl (C=O) groups excluding carboxylic acids is 1. The summed E-state index contributed by atoms with van der Waals surface area (Å²) in [5.74, 6) is -0.700. The van der Waals surface area contributed by atoms with Crippen LogP contribution in [0, 0.1) is 11.7 Å². The van der Waals surface area contributed by atoms with E-state index in [9.17, 15) is 14.7 Å². The van der Waals surface area contributed by atoms with Gasteiger partial charge in [-0.15, -0.1) is 0 Å². The number of carbonyl (C=O) groups is 2. The molecular weight excluding hydrogens is 557 g/mol. The van der Waals surface area contributed by atoms with E-state index in [1.807, 2.05) is 66.4 Å². The lowest BCUT2D eigenvalue weighted by atomic mass is 9.69. The lowest BCUT2D eigenvalue weighted by Crippen LogP contribution is -2.56. The monoisotopic (exact) mass is 601 g/mol. The van der Waals surface area contributed by atoms with Crippen LogP contribution in [0.1, 0.15) is 62.1 Å². The number of nitrogens with one attached hydrogen (secondary N) is 2. The van der Waals surface area contributed by atoms with Crippen molar-refractivity contribution in [3.8, 4) is 11.1 Å². The molecule has 0 unspecified atom stereocenters. The van der Waals surface area contributed by atoms with Gasteiger partial charge in [0.2, 0.25) is 5.91 Å². The number of aliphatic hydroxyl groups is 1. The zero-order valence-electron chi connectivity index (χ0n) is 25.5. The van der Waals surface area contributed by atoms with Crippen LogP contribution >= 0.6 is 0 Å². The topological polar surface area (TPSA) is 102 Å². The summed E-state index contributed by atoms with van der Waals surface area (Å²) in [5.41, 5.74) is 1.50. The molecule has 2 atom stereocenters. The SMILES string of the molecule is CCc1cccc(-c2c(F)cccc2[C@](O)(CCCNC(=O)O)[C@@H]2CCCN(C(=O)C3(c4ccccc4)CCNCC3)C2)c1. The van der Waals surface area contributed by atoms with E-state index in [1.54, 1.807) is 12.1 Å². The van der Waals surface area contributed by atoms with Gasteiger partial charge in [0.05, 0.1) is 11.0 Å². The first-order chi connectivity index (χ1) is 21.3. The van der Waals surface area contributed by atoms with Crippen LogP contribution < -0.4 is 10.6 Å². The number of carboxylic acid groups (broad SMARTS) is 1. The van der Waals surface area contributed by atoms with Gasteiger partial charge in [-0.05, 0) is 86.4 Å². The van der Waals surface area contributed by atoms with Gasteiger partial charge in [0.25, 0.3) is 0 Å². The second-order valence-electron chi connectivity index (χ2n) is 12.3. The van der Waals surface area contributed by atoms with Gasteiger partial charge >= 0.3 is 6.09 Å². The van der Waals surface area contributed by atoms with Crippen LogP contribution in [0.4, 0.5) is 9.18 Å². The number of amides is 2. The van der Waals surface area contributed by atoms with E-state index >= 15 is 4.39 Å². The number of likely N-dealkylation sites (tertiary alicyclic amines) is 1. The van der Waals surface area contributed by atoms with Gasteiger partial charge in [-0.3, -0.25) is 4.79 Å². The lowest BCUT2D eigenvalue weighted by Gasteiger charge is -2.47. The molecule has 2 heterocycles. The van der Waals surface area contributed by atoms with Gasteiger partial charge in [0.15, 0.2) is 0 Å². The highest BCUT2D eigenvalue weighted by Gasteiger charge is 2.48. The zero-order valence-corrected chi connectivity index (χ0v) is 25.5. The van der Waals surface area contributed by atoms with Crippen molar-refractivity contribution in [2.24, 2.45) is 5.92 Å². The first kappa shape index (κ1) is 31.7. The molecule has 2 amide bonds. The number of nitrogens with zero attached hydrogens (tertiary/aromatic N) is 1. The van der Waals surface area contributed by atoms with Gasteiger partial charge in [0.1, 0.15) is 5.82 Å². The second-order valence-corrected chi connectivity index (χ2v) is 12.3. The van der Waals surface area contributed by atoms with Crippen LogP contribution in [0.3, 0.4) is 0 Å². The highest BCUT2D eigenvalue weighted by atomic mass is 19.1. The number of aryl methyl sites for hydroxylation is 1. The van der Waals surface area contributed by atoms with Gasteiger partial charge in [-0.1, -0.05) is 73.7 Å². The first-order valence-corrected chi connectivity index (χ1v) is 15.9. The fraction of sp³-hybridized carbons (Fsp3) is 0.444. The Labute approximate surface area is 259 Å². The molecule has 2 fully saturated rings. The largest absolute Gasteiger partial charge is 0.465 e. The van der Waals surface area contributed by atoms with Crippen molar-refractivity contribution in [2.75, 3.05) is 32.7 Å². The summed E-state index contributed by atoms with van der Waals surface area (Å²) in [4.78, 5) is 27.6. The third-order valence-electron chi connectivity index (χ3n) is 9.69. The summed E-state index contributed by atoms with van der Waals surface area (Å²) in [6.07, 6.45) is 3.02. The van der Waals surface area contributed by atoms with Crippen molar-refractivity contribution in [3.63, 3.8) is 0 Å². The number of benzene rings is 3. The standard InChI is InChI=1S/C36H44FN3O4/c1-2-26-10-6-11-27(24-26)32-30(15-7-16-31(32)37)36(44,17-9-20-39-34(42)43)29-14-8-23-40(25-29)33(41)35(18-21-38-22-19-35)28-12-4-3-5-13-28/h3-7,10-13,15-16,24,29,38-39,44H,2,8-9,14,17-23,25H2,1H3,(H,42,43)/t29-,36+/m1/s1. The van der Waals surface area contributed by atoms with Gasteiger partial charge in [-0.2, -0.15) is 0 Å². The van der Waals surface area contributed by atoms with Crippen LogP contribution in [0.2, 0.25) is 0 Å². The maximum atomic E-state index is 15.8. The van der Waals surface area contributed by atoms with Crippen LogP contribution in [-0.4, -0.2) is 59.8 Å². The molecule has 0 radical (unpaired) electrons. The highest BCUT2D eigenvalue weighted by Crippen LogP contribution is 2.45. The van der Waals surface area contributed by atoms with E-state index in [1.165, 1.54) is 6.07 Å². The predicted molar refractivity (Wildman–Crippen MR) is 170 cm³/mol. The molecule has 0 aliphatic carbocycles. The Balaban J connectivity index is 1.52. The normalized spacial score (nSPS) is 19.6. The van der Waals surface area contributed by atoms with Gasteiger partial charge in [0, 0.05) is 31.1 Å². The van der Waals surface area contributed by atoms with Crippen molar-refractivity contribution in [1.29, 1.82) is 0 Å². The smallest absolute Gasteiger partial charge is 0.404 e. The Kier molecular flexibility index (Phi) is 10.0. The average Bonchev–Trinajstić information content (AvgIpc) is 3.06. The van der Waals surface area contributed by atoms with Crippen molar-refractivity contribution in [2.45, 2.75) is 62.9 Å². The second kappa shape index (κ2) is 13.9. The van der Waals surface area contributed by atoms with Crippen LogP contribution in [0.25, 0.3) is 11.1 Å². The maximum Gasteiger partial charge on any atom is 0.404 e. The van der Waals surface area contributed by atoms with Crippen molar-refractivity contribution >= 4 is 12.0 Å². The van der Waals surface area contributed by atoms with E-state index in [-0.39, 0.29) is 24.8 Å². The summed E-state index contributed by atoms with van der Waals surface area (Å²) in [7, 11) is 0. The van der Waals surface area contributed by atoms with E-state index in [0.717, 1.165) is 30.6 Å². The summed E-state index contributed by atoms with van der Waals surface area (Å²) in [5, 5.41) is 27.7. The third-order valence-corrected chi connectivity index (χ3v) is 9.69. The lowest BCUT2D eigenvalue weighted by molar-refractivity contribution is -0.144. The zero-order chi connectivity index (χ0) is 31.2. The minimum Gasteiger partial charge on any atom is -0.465 e. The quantitative estimate of drug-likeness (QED) is 0.219. The van der Waals surface area contributed by atoms with Crippen molar-refractivity contribution in [1.82, 2.24) is 15.5 Å². The van der Waals surface area contributed by atoms with Crippen molar-refractivity contribution < 1.29 is 24.2 Å².